The van der Waals surface area contributed by atoms with Gasteiger partial charge in [0.15, 0.2) is 0 Å². The fraction of sp³-hybridized carbons (Fsp3) is 0.280. The van der Waals surface area contributed by atoms with Crippen LogP contribution in [-0.2, 0) is 9.59 Å². The zero-order valence-corrected chi connectivity index (χ0v) is 17.3. The lowest BCUT2D eigenvalue weighted by Gasteiger charge is -2.21. The second kappa shape index (κ2) is 11.2. The lowest BCUT2D eigenvalue weighted by molar-refractivity contribution is -0.132. The van der Waals surface area contributed by atoms with E-state index in [0.717, 1.165) is 0 Å². The fourth-order valence-corrected chi connectivity index (χ4v) is 3.47. The van der Waals surface area contributed by atoms with Gasteiger partial charge in [0, 0.05) is 50.1 Å². The third kappa shape index (κ3) is 6.60. The summed E-state index contributed by atoms with van der Waals surface area (Å²) in [6, 6.07) is 12.8. The Balaban J connectivity index is 1.47. The van der Waals surface area contributed by atoms with Gasteiger partial charge in [-0.1, -0.05) is 60.7 Å². The van der Waals surface area contributed by atoms with E-state index in [1.165, 1.54) is 12.1 Å². The van der Waals surface area contributed by atoms with Crippen molar-refractivity contribution in [3.05, 3.63) is 83.4 Å². The molecule has 0 radical (unpaired) electrons. The Morgan fingerprint density at radius 2 is 1.13 bits per heavy atom. The number of carbonyl (C=O) groups is 2. The molecule has 1 aliphatic heterocycles. The van der Waals surface area contributed by atoms with Gasteiger partial charge >= 0.3 is 0 Å². The summed E-state index contributed by atoms with van der Waals surface area (Å²) in [5, 5.41) is 0. The van der Waals surface area contributed by atoms with E-state index in [-0.39, 0.29) is 36.3 Å². The van der Waals surface area contributed by atoms with Crippen molar-refractivity contribution in [2.75, 3.05) is 26.2 Å². The molecular formula is C25H26F2N2O2. The van der Waals surface area contributed by atoms with Gasteiger partial charge in [-0.15, -0.1) is 0 Å². The minimum Gasteiger partial charge on any atom is -0.341 e. The van der Waals surface area contributed by atoms with Crippen molar-refractivity contribution in [1.29, 1.82) is 0 Å². The van der Waals surface area contributed by atoms with E-state index < -0.39 is 0 Å². The van der Waals surface area contributed by atoms with Crippen LogP contribution in [-0.4, -0.2) is 47.8 Å². The van der Waals surface area contributed by atoms with Crippen LogP contribution in [0, 0.1) is 11.6 Å². The summed E-state index contributed by atoms with van der Waals surface area (Å²) in [6.45, 7) is 2.10. The quantitative estimate of drug-likeness (QED) is 0.684. The van der Waals surface area contributed by atoms with Crippen LogP contribution < -0.4 is 0 Å². The Morgan fingerprint density at radius 1 is 0.710 bits per heavy atom. The summed E-state index contributed by atoms with van der Waals surface area (Å²) in [6.07, 6.45) is 7.64. The molecule has 0 bridgehead atoms. The number of hydrogen-bond acceptors (Lipinski definition) is 2. The molecule has 0 atom stereocenters. The average Bonchev–Trinajstić information content (AvgIpc) is 3.03. The number of benzene rings is 2. The monoisotopic (exact) mass is 424 g/mol. The van der Waals surface area contributed by atoms with Gasteiger partial charge < -0.3 is 9.80 Å². The van der Waals surface area contributed by atoms with Gasteiger partial charge in [0.2, 0.25) is 11.8 Å². The molecule has 0 aromatic heterocycles. The molecule has 1 aliphatic rings. The Kier molecular flexibility index (Phi) is 8.10. The van der Waals surface area contributed by atoms with Gasteiger partial charge in [-0.05, 0) is 18.6 Å². The molecule has 2 aromatic carbocycles. The largest absolute Gasteiger partial charge is 0.341 e. The molecule has 31 heavy (non-hydrogen) atoms. The summed E-state index contributed by atoms with van der Waals surface area (Å²) in [5.74, 6) is -0.721. The first kappa shape index (κ1) is 22.4. The van der Waals surface area contributed by atoms with E-state index in [2.05, 4.69) is 0 Å². The molecule has 0 unspecified atom stereocenters. The van der Waals surface area contributed by atoms with Gasteiger partial charge in [-0.3, -0.25) is 9.59 Å². The summed E-state index contributed by atoms with van der Waals surface area (Å²) < 4.78 is 27.3. The zero-order chi connectivity index (χ0) is 22.1. The Morgan fingerprint density at radius 3 is 1.55 bits per heavy atom. The molecule has 0 saturated carbocycles. The molecule has 4 nitrogen and oxygen atoms in total. The third-order valence-electron chi connectivity index (χ3n) is 5.19. The second-order valence-electron chi connectivity index (χ2n) is 7.37. The molecule has 0 spiro atoms. The molecular weight excluding hydrogens is 398 g/mol. The van der Waals surface area contributed by atoms with Crippen LogP contribution in [0.4, 0.5) is 8.78 Å². The molecule has 2 aromatic rings. The average molecular weight is 424 g/mol. The highest BCUT2D eigenvalue weighted by molar-refractivity contribution is 5.80. The van der Waals surface area contributed by atoms with E-state index in [9.17, 15) is 18.4 Å². The molecule has 3 rings (SSSR count). The summed E-state index contributed by atoms with van der Waals surface area (Å²) in [4.78, 5) is 28.5. The predicted molar refractivity (Wildman–Crippen MR) is 118 cm³/mol. The lowest BCUT2D eigenvalue weighted by Crippen LogP contribution is -2.37. The first-order valence-electron chi connectivity index (χ1n) is 10.4. The molecule has 0 N–H and O–H groups in total. The van der Waals surface area contributed by atoms with Gasteiger partial charge in [-0.25, -0.2) is 8.78 Å². The van der Waals surface area contributed by atoms with Crippen molar-refractivity contribution in [2.24, 2.45) is 0 Å². The number of halogens is 2. The molecule has 6 heteroatoms. The SMILES string of the molecule is O=C(C/C=C/c1ccccc1F)N1CCCN(C(=O)C/C=C/c2ccccc2F)CC1. The van der Waals surface area contributed by atoms with E-state index in [0.29, 0.717) is 43.7 Å². The van der Waals surface area contributed by atoms with Gasteiger partial charge in [-0.2, -0.15) is 0 Å². The van der Waals surface area contributed by atoms with Crippen LogP contribution in [0.5, 0.6) is 0 Å². The smallest absolute Gasteiger partial charge is 0.226 e. The van der Waals surface area contributed by atoms with E-state index in [4.69, 9.17) is 0 Å². The van der Waals surface area contributed by atoms with Crippen LogP contribution in [0.2, 0.25) is 0 Å². The molecule has 1 heterocycles. The van der Waals surface area contributed by atoms with Gasteiger partial charge in [0.25, 0.3) is 0 Å². The highest BCUT2D eigenvalue weighted by atomic mass is 19.1. The summed E-state index contributed by atoms with van der Waals surface area (Å²) >= 11 is 0. The summed E-state index contributed by atoms with van der Waals surface area (Å²) in [5.41, 5.74) is 0.901. The first-order valence-corrected chi connectivity index (χ1v) is 10.4. The standard InChI is InChI=1S/C25H26F2N2O2/c26-22-12-3-1-8-20(22)10-5-14-24(30)28-16-7-17-29(19-18-28)25(31)15-6-11-21-9-2-4-13-23(21)27/h1-6,8-13H,7,14-19H2/b10-5+,11-6+. The maximum absolute atomic E-state index is 13.6. The van der Waals surface area contributed by atoms with Crippen LogP contribution in [0.25, 0.3) is 12.2 Å². The van der Waals surface area contributed by atoms with E-state index in [1.807, 2.05) is 0 Å². The van der Waals surface area contributed by atoms with E-state index in [1.54, 1.807) is 70.5 Å². The van der Waals surface area contributed by atoms with Crippen LogP contribution in [0.1, 0.15) is 30.4 Å². The van der Waals surface area contributed by atoms with Crippen molar-refractivity contribution < 1.29 is 18.4 Å². The molecule has 2 amide bonds. The van der Waals surface area contributed by atoms with Crippen LogP contribution in [0.3, 0.4) is 0 Å². The first-order chi connectivity index (χ1) is 15.0. The fourth-order valence-electron chi connectivity index (χ4n) is 3.47. The van der Waals surface area contributed by atoms with Crippen molar-refractivity contribution in [3.63, 3.8) is 0 Å². The zero-order valence-electron chi connectivity index (χ0n) is 17.3. The Labute approximate surface area is 181 Å². The van der Waals surface area contributed by atoms with Crippen molar-refractivity contribution in [1.82, 2.24) is 9.80 Å². The Hall–Kier alpha value is -3.28. The predicted octanol–water partition coefficient (Wildman–Crippen LogP) is 4.53. The molecule has 162 valence electrons. The van der Waals surface area contributed by atoms with Crippen molar-refractivity contribution in [3.8, 4) is 0 Å². The summed E-state index contributed by atoms with van der Waals surface area (Å²) in [7, 11) is 0. The second-order valence-corrected chi connectivity index (χ2v) is 7.37. The highest BCUT2D eigenvalue weighted by Gasteiger charge is 2.20. The Bertz CT molecular complexity index is 894. The maximum Gasteiger partial charge on any atom is 0.226 e. The van der Waals surface area contributed by atoms with Crippen molar-refractivity contribution >= 4 is 24.0 Å². The minimum absolute atomic E-state index is 0.0404. The van der Waals surface area contributed by atoms with Gasteiger partial charge in [0.1, 0.15) is 11.6 Å². The van der Waals surface area contributed by atoms with Crippen LogP contribution in [0.15, 0.2) is 60.7 Å². The highest BCUT2D eigenvalue weighted by Crippen LogP contribution is 2.12. The maximum atomic E-state index is 13.6. The molecule has 1 fully saturated rings. The van der Waals surface area contributed by atoms with E-state index >= 15 is 0 Å². The topological polar surface area (TPSA) is 40.6 Å². The third-order valence-corrected chi connectivity index (χ3v) is 5.19. The minimum atomic E-state index is -0.320. The van der Waals surface area contributed by atoms with Gasteiger partial charge in [0.05, 0.1) is 0 Å². The number of rotatable bonds is 6. The molecule has 0 aliphatic carbocycles. The molecule has 1 saturated heterocycles. The number of hydrogen-bond donors (Lipinski definition) is 0. The number of carbonyl (C=O) groups excluding carboxylic acids is 2. The lowest BCUT2D eigenvalue weighted by atomic mass is 10.2. The van der Waals surface area contributed by atoms with Crippen molar-refractivity contribution in [2.45, 2.75) is 19.3 Å². The van der Waals surface area contributed by atoms with Crippen LogP contribution >= 0.6 is 0 Å². The number of amides is 2. The normalized spacial score (nSPS) is 14.9. The number of nitrogens with zero attached hydrogens (tertiary/aromatic N) is 2.